The molecule has 0 atom stereocenters. The zero-order valence-electron chi connectivity index (χ0n) is 21.5. The van der Waals surface area contributed by atoms with Gasteiger partial charge in [-0.1, -0.05) is 12.1 Å². The van der Waals surface area contributed by atoms with Gasteiger partial charge >= 0.3 is 6.18 Å². The van der Waals surface area contributed by atoms with Crippen LogP contribution in [0.2, 0.25) is 0 Å². The predicted molar refractivity (Wildman–Crippen MR) is 144 cm³/mol. The first-order chi connectivity index (χ1) is 18.8. The van der Waals surface area contributed by atoms with E-state index >= 15 is 0 Å². The molecule has 0 unspecified atom stereocenters. The summed E-state index contributed by atoms with van der Waals surface area (Å²) >= 11 is 0. The smallest absolute Gasteiger partial charge is 0.338 e. The average molecular weight is 542 g/mol. The van der Waals surface area contributed by atoms with Crippen LogP contribution in [0, 0.1) is 6.92 Å². The fourth-order valence-electron chi connectivity index (χ4n) is 4.42. The van der Waals surface area contributed by atoms with Crippen molar-refractivity contribution < 1.29 is 18.0 Å². The maximum Gasteiger partial charge on any atom is 0.416 e. The second-order valence-electron chi connectivity index (χ2n) is 9.42. The molecule has 2 aliphatic heterocycles. The summed E-state index contributed by atoms with van der Waals surface area (Å²) in [5, 5.41) is 12.5. The summed E-state index contributed by atoms with van der Waals surface area (Å²) in [6.07, 6.45) is -4.50. The van der Waals surface area contributed by atoms with Gasteiger partial charge in [-0.3, -0.25) is 4.79 Å². The lowest BCUT2D eigenvalue weighted by molar-refractivity contribution is -0.137. The summed E-state index contributed by atoms with van der Waals surface area (Å²) in [5.74, 6) is 0.985. The summed E-state index contributed by atoms with van der Waals surface area (Å²) < 4.78 is 39.2. The molecule has 3 aromatic rings. The molecule has 206 valence electrons. The van der Waals surface area contributed by atoms with Crippen LogP contribution in [-0.4, -0.2) is 73.2 Å². The van der Waals surface area contributed by atoms with Crippen molar-refractivity contribution in [2.24, 2.45) is 0 Å². The van der Waals surface area contributed by atoms with Crippen molar-refractivity contribution in [3.05, 3.63) is 59.2 Å². The molecule has 0 bridgehead atoms. The van der Waals surface area contributed by atoms with Crippen LogP contribution in [0.3, 0.4) is 0 Å². The minimum absolute atomic E-state index is 0.0590. The highest BCUT2D eigenvalue weighted by Crippen LogP contribution is 2.31. The van der Waals surface area contributed by atoms with Crippen molar-refractivity contribution in [2.45, 2.75) is 13.1 Å². The number of alkyl halides is 3. The summed E-state index contributed by atoms with van der Waals surface area (Å²) in [6.45, 7) is 8.30. The Balaban J connectivity index is 1.39. The Labute approximate surface area is 224 Å². The van der Waals surface area contributed by atoms with Gasteiger partial charge in [0, 0.05) is 69.3 Å². The van der Waals surface area contributed by atoms with Crippen LogP contribution in [0.15, 0.2) is 42.5 Å². The largest absolute Gasteiger partial charge is 0.416 e. The molecule has 39 heavy (non-hydrogen) atoms. The van der Waals surface area contributed by atoms with E-state index in [1.165, 1.54) is 12.1 Å². The van der Waals surface area contributed by atoms with Gasteiger partial charge in [0.05, 0.1) is 5.56 Å². The molecule has 5 rings (SSSR count). The van der Waals surface area contributed by atoms with Crippen LogP contribution < -0.4 is 31.1 Å². The Hall–Kier alpha value is -3.97. The van der Waals surface area contributed by atoms with E-state index in [4.69, 9.17) is 4.98 Å². The maximum atomic E-state index is 13.1. The summed E-state index contributed by atoms with van der Waals surface area (Å²) in [4.78, 5) is 31.3. The summed E-state index contributed by atoms with van der Waals surface area (Å²) in [6, 6.07) is 9.56. The Morgan fingerprint density at radius 1 is 0.872 bits per heavy atom. The number of halogens is 3. The molecule has 0 radical (unpaired) electrons. The number of rotatable bonds is 6. The van der Waals surface area contributed by atoms with Crippen LogP contribution in [-0.2, 0) is 6.18 Å². The summed E-state index contributed by atoms with van der Waals surface area (Å²) in [7, 11) is 0. The van der Waals surface area contributed by atoms with Gasteiger partial charge in [0.2, 0.25) is 17.8 Å². The predicted octanol–water partition coefficient (Wildman–Crippen LogP) is 3.01. The Morgan fingerprint density at radius 3 is 2.08 bits per heavy atom. The van der Waals surface area contributed by atoms with E-state index in [1.807, 2.05) is 6.92 Å². The molecular formula is C26H30F3N9O. The first kappa shape index (κ1) is 26.6. The topological polar surface area (TPSA) is 110 Å². The third kappa shape index (κ3) is 6.55. The molecular weight excluding hydrogens is 511 g/mol. The summed E-state index contributed by atoms with van der Waals surface area (Å²) in [5.41, 5.74) is 0.957. The van der Waals surface area contributed by atoms with Crippen molar-refractivity contribution in [3.63, 3.8) is 0 Å². The Kier molecular flexibility index (Phi) is 7.79. The molecule has 1 amide bonds. The van der Waals surface area contributed by atoms with Crippen LogP contribution in [0.25, 0.3) is 0 Å². The standard InChI is InChI=1S/C26H30F3N9O/c1-17-5-6-18(22(39)32-20-4-2-3-19(16-20)26(27,28)29)15-21(17)33-23-34-24(37-11-7-30-8-12-37)36-25(35-23)38-13-9-31-10-14-38/h2-6,15-16,30-31H,7-14H2,1H3,(H,32,39)(H,33,34,35,36). The number of carbonyl (C=O) groups excluding carboxylic acids is 1. The molecule has 13 heteroatoms. The van der Waals surface area contributed by atoms with Gasteiger partial charge in [-0.05, 0) is 42.8 Å². The highest BCUT2D eigenvalue weighted by molar-refractivity contribution is 6.05. The molecule has 10 nitrogen and oxygen atoms in total. The van der Waals surface area contributed by atoms with E-state index in [-0.39, 0.29) is 11.3 Å². The first-order valence-electron chi connectivity index (χ1n) is 12.8. The van der Waals surface area contributed by atoms with Crippen LogP contribution in [0.4, 0.5) is 42.4 Å². The molecule has 4 N–H and O–H groups in total. The number of aromatic nitrogens is 3. The highest BCUT2D eigenvalue weighted by Gasteiger charge is 2.30. The number of hydrogen-bond acceptors (Lipinski definition) is 9. The van der Waals surface area contributed by atoms with Crippen LogP contribution in [0.5, 0.6) is 0 Å². The number of hydrogen-bond donors (Lipinski definition) is 4. The second kappa shape index (κ2) is 11.4. The van der Waals surface area contributed by atoms with Gasteiger partial charge in [-0.25, -0.2) is 0 Å². The van der Waals surface area contributed by atoms with E-state index in [0.29, 0.717) is 23.5 Å². The zero-order chi connectivity index (χ0) is 27.4. The van der Waals surface area contributed by atoms with Gasteiger partial charge in [-0.2, -0.15) is 28.1 Å². The molecule has 0 aliphatic carbocycles. The minimum Gasteiger partial charge on any atom is -0.338 e. The van der Waals surface area contributed by atoms with Crippen molar-refractivity contribution in [1.82, 2.24) is 25.6 Å². The van der Waals surface area contributed by atoms with Crippen molar-refractivity contribution in [1.29, 1.82) is 0 Å². The fraction of sp³-hybridized carbons (Fsp3) is 0.385. The molecule has 2 aliphatic rings. The third-order valence-electron chi connectivity index (χ3n) is 6.61. The monoisotopic (exact) mass is 541 g/mol. The quantitative estimate of drug-likeness (QED) is 0.374. The fourth-order valence-corrected chi connectivity index (χ4v) is 4.42. The van der Waals surface area contributed by atoms with Crippen LogP contribution >= 0.6 is 0 Å². The van der Waals surface area contributed by atoms with Crippen LogP contribution in [0.1, 0.15) is 21.5 Å². The lowest BCUT2D eigenvalue weighted by Gasteiger charge is -2.30. The van der Waals surface area contributed by atoms with Gasteiger partial charge in [-0.15, -0.1) is 0 Å². The van der Waals surface area contributed by atoms with Gasteiger partial charge in [0.25, 0.3) is 5.91 Å². The van der Waals surface area contributed by atoms with Gasteiger partial charge in [0.1, 0.15) is 0 Å². The number of amides is 1. The average Bonchev–Trinajstić information content (AvgIpc) is 2.94. The van der Waals surface area contributed by atoms with Gasteiger partial charge < -0.3 is 31.1 Å². The number of piperazine rings is 2. The third-order valence-corrected chi connectivity index (χ3v) is 6.61. The van der Waals surface area contributed by atoms with Gasteiger partial charge in [0.15, 0.2) is 0 Å². The lowest BCUT2D eigenvalue weighted by Crippen LogP contribution is -2.46. The normalized spacial score (nSPS) is 16.2. The van der Waals surface area contributed by atoms with E-state index in [9.17, 15) is 18.0 Å². The minimum atomic E-state index is -4.50. The van der Waals surface area contributed by atoms with E-state index < -0.39 is 17.6 Å². The van der Waals surface area contributed by atoms with Crippen molar-refractivity contribution in [2.75, 3.05) is 72.8 Å². The highest BCUT2D eigenvalue weighted by atomic mass is 19.4. The Bertz CT molecular complexity index is 1290. The van der Waals surface area contributed by atoms with Crippen molar-refractivity contribution in [3.8, 4) is 0 Å². The molecule has 0 saturated carbocycles. The van der Waals surface area contributed by atoms with Crippen molar-refractivity contribution >= 4 is 35.1 Å². The molecule has 3 heterocycles. The number of nitrogens with zero attached hydrogens (tertiary/aromatic N) is 5. The number of anilines is 5. The molecule has 1 aromatic heterocycles. The molecule has 2 fully saturated rings. The zero-order valence-corrected chi connectivity index (χ0v) is 21.5. The SMILES string of the molecule is Cc1ccc(C(=O)Nc2cccc(C(F)(F)F)c2)cc1Nc1nc(N2CCNCC2)nc(N2CCNCC2)n1. The maximum absolute atomic E-state index is 13.1. The number of benzene rings is 2. The molecule has 2 saturated heterocycles. The number of nitrogens with one attached hydrogen (secondary N) is 4. The number of carbonyl (C=O) groups is 1. The second-order valence-corrected chi connectivity index (χ2v) is 9.42. The molecule has 0 spiro atoms. The molecule has 2 aromatic carbocycles. The number of aryl methyl sites for hydroxylation is 1. The van der Waals surface area contributed by atoms with E-state index in [1.54, 1.807) is 18.2 Å². The van der Waals surface area contributed by atoms with E-state index in [2.05, 4.69) is 41.0 Å². The first-order valence-corrected chi connectivity index (χ1v) is 12.8. The van der Waals surface area contributed by atoms with E-state index in [0.717, 1.165) is 70.1 Å². The lowest BCUT2D eigenvalue weighted by atomic mass is 10.1. The Morgan fingerprint density at radius 2 is 1.49 bits per heavy atom.